The van der Waals surface area contributed by atoms with Crippen molar-refractivity contribution in [2.45, 2.75) is 19.7 Å². The smallest absolute Gasteiger partial charge is 0.416 e. The van der Waals surface area contributed by atoms with Gasteiger partial charge in [0.2, 0.25) is 0 Å². The summed E-state index contributed by atoms with van der Waals surface area (Å²) in [5.41, 5.74) is 0.591. The van der Waals surface area contributed by atoms with Crippen molar-refractivity contribution in [2.75, 3.05) is 18.6 Å². The van der Waals surface area contributed by atoms with Crippen molar-refractivity contribution < 1.29 is 27.5 Å². The van der Waals surface area contributed by atoms with Crippen molar-refractivity contribution in [2.24, 2.45) is 5.16 Å². The fourth-order valence-electron chi connectivity index (χ4n) is 2.41. The second-order valence-electron chi connectivity index (χ2n) is 5.44. The Morgan fingerprint density at radius 1 is 1.15 bits per heavy atom. The van der Waals surface area contributed by atoms with Crippen LogP contribution in [0.1, 0.15) is 18.1 Å². The Balaban J connectivity index is 2.15. The number of oxime groups is 1. The van der Waals surface area contributed by atoms with E-state index >= 15 is 0 Å². The molecule has 0 radical (unpaired) electrons. The second-order valence-corrected chi connectivity index (χ2v) is 5.44. The first-order chi connectivity index (χ1) is 12.9. The Kier molecular flexibility index (Phi) is 6.81. The van der Waals surface area contributed by atoms with Gasteiger partial charge in [-0.2, -0.15) is 13.2 Å². The molecule has 0 fully saturated rings. The predicted molar refractivity (Wildman–Crippen MR) is 95.7 cm³/mol. The van der Waals surface area contributed by atoms with Gasteiger partial charge in [0.15, 0.2) is 0 Å². The van der Waals surface area contributed by atoms with E-state index in [4.69, 9.17) is 4.74 Å². The lowest BCUT2D eigenvalue weighted by molar-refractivity contribution is -0.137. The third kappa shape index (κ3) is 5.47. The molecule has 0 spiro atoms. The number of hydrogen-bond donors (Lipinski definition) is 0. The van der Waals surface area contributed by atoms with Crippen molar-refractivity contribution in [1.29, 1.82) is 0 Å². The molecule has 8 heteroatoms. The van der Waals surface area contributed by atoms with E-state index in [2.05, 4.69) is 9.99 Å². The largest absolute Gasteiger partial charge is 0.489 e. The Hall–Kier alpha value is -3.03. The lowest BCUT2D eigenvalue weighted by Crippen LogP contribution is -2.32. The molecule has 2 aromatic carbocycles. The number of benzene rings is 2. The van der Waals surface area contributed by atoms with E-state index in [1.54, 1.807) is 24.3 Å². The molecule has 2 aromatic rings. The van der Waals surface area contributed by atoms with E-state index in [0.717, 1.165) is 18.3 Å². The molecule has 144 valence electrons. The molecule has 0 heterocycles. The fraction of sp³-hybridized carbons (Fsp3) is 0.263. The van der Waals surface area contributed by atoms with Gasteiger partial charge >= 0.3 is 6.18 Å². The number of carbonyl (C=O) groups excluding carboxylic acids is 1. The number of para-hydroxylation sites is 1. The van der Waals surface area contributed by atoms with E-state index in [1.807, 2.05) is 6.92 Å². The highest BCUT2D eigenvalue weighted by atomic mass is 19.4. The topological polar surface area (TPSA) is 51.1 Å². The van der Waals surface area contributed by atoms with Crippen LogP contribution in [0.2, 0.25) is 0 Å². The van der Waals surface area contributed by atoms with Crippen molar-refractivity contribution in [1.82, 2.24) is 0 Å². The Labute approximate surface area is 155 Å². The second kappa shape index (κ2) is 9.07. The van der Waals surface area contributed by atoms with Gasteiger partial charge in [-0.1, -0.05) is 23.4 Å². The molecule has 0 bridgehead atoms. The zero-order valence-corrected chi connectivity index (χ0v) is 14.9. The van der Waals surface area contributed by atoms with Crippen LogP contribution in [-0.2, 0) is 22.4 Å². The van der Waals surface area contributed by atoms with Crippen LogP contribution in [0.3, 0.4) is 0 Å². The fourth-order valence-corrected chi connectivity index (χ4v) is 2.41. The maximum Gasteiger partial charge on any atom is 0.416 e. The monoisotopic (exact) mass is 380 g/mol. The van der Waals surface area contributed by atoms with Gasteiger partial charge in [-0.05, 0) is 37.3 Å². The van der Waals surface area contributed by atoms with Gasteiger partial charge in [-0.15, -0.1) is 0 Å². The van der Waals surface area contributed by atoms with Crippen LogP contribution in [0.4, 0.5) is 18.9 Å². The van der Waals surface area contributed by atoms with Gasteiger partial charge in [0.1, 0.15) is 25.7 Å². The maximum absolute atomic E-state index is 12.6. The number of rotatable bonds is 7. The van der Waals surface area contributed by atoms with Crippen molar-refractivity contribution >= 4 is 17.8 Å². The summed E-state index contributed by atoms with van der Waals surface area (Å²) in [6.45, 7) is 2.30. The molecule has 0 aromatic heterocycles. The van der Waals surface area contributed by atoms with Crippen LogP contribution >= 0.6 is 0 Å². The van der Waals surface area contributed by atoms with Gasteiger partial charge in [0, 0.05) is 12.1 Å². The summed E-state index contributed by atoms with van der Waals surface area (Å²) >= 11 is 0. The minimum atomic E-state index is -4.39. The highest BCUT2D eigenvalue weighted by molar-refractivity contribution is 6.32. The summed E-state index contributed by atoms with van der Waals surface area (Å²) in [6, 6.07) is 11.6. The first kappa shape index (κ1) is 20.3. The zero-order valence-electron chi connectivity index (χ0n) is 14.9. The molecule has 0 aliphatic rings. The lowest BCUT2D eigenvalue weighted by Gasteiger charge is -2.22. The molecular weight excluding hydrogens is 361 g/mol. The van der Waals surface area contributed by atoms with E-state index < -0.39 is 11.7 Å². The number of nitrogens with zero attached hydrogens (tertiary/aromatic N) is 2. The molecule has 0 aliphatic carbocycles. The van der Waals surface area contributed by atoms with Crippen LogP contribution < -0.4 is 9.64 Å². The number of ether oxygens (including phenoxy) is 1. The lowest BCUT2D eigenvalue weighted by atomic mass is 10.1. The summed E-state index contributed by atoms with van der Waals surface area (Å²) in [6.07, 6.45) is -3.33. The average molecular weight is 380 g/mol. The Morgan fingerprint density at radius 2 is 1.81 bits per heavy atom. The molecule has 0 atom stereocenters. The van der Waals surface area contributed by atoms with E-state index in [9.17, 15) is 18.0 Å². The molecule has 27 heavy (non-hydrogen) atoms. The molecule has 0 saturated heterocycles. The van der Waals surface area contributed by atoms with Crippen molar-refractivity contribution in [3.8, 4) is 5.75 Å². The number of alkyl halides is 3. The van der Waals surface area contributed by atoms with Crippen LogP contribution in [0, 0.1) is 0 Å². The quantitative estimate of drug-likeness (QED) is 0.532. The summed E-state index contributed by atoms with van der Waals surface area (Å²) in [7, 11) is 1.34. The number of hydrogen-bond acceptors (Lipinski definition) is 4. The van der Waals surface area contributed by atoms with Gasteiger partial charge in [-0.25, -0.2) is 0 Å². The van der Waals surface area contributed by atoms with Gasteiger partial charge < -0.3 is 14.5 Å². The highest BCUT2D eigenvalue weighted by Crippen LogP contribution is 2.30. The zero-order chi connectivity index (χ0) is 19.9. The minimum Gasteiger partial charge on any atom is -0.489 e. The number of halogens is 3. The first-order valence-electron chi connectivity index (χ1n) is 8.12. The molecule has 0 unspecified atom stereocenters. The van der Waals surface area contributed by atoms with E-state index in [1.165, 1.54) is 24.1 Å². The minimum absolute atomic E-state index is 0.0900. The Bertz CT molecular complexity index is 790. The average Bonchev–Trinajstić information content (AvgIpc) is 2.65. The highest BCUT2D eigenvalue weighted by Gasteiger charge is 2.30. The molecule has 5 nitrogen and oxygen atoms in total. The molecule has 0 N–H and O–H groups in total. The Morgan fingerprint density at radius 3 is 2.41 bits per heavy atom. The number of anilines is 1. The van der Waals surface area contributed by atoms with Crippen LogP contribution in [0.25, 0.3) is 0 Å². The molecule has 0 saturated carbocycles. The predicted octanol–water partition coefficient (Wildman–Crippen LogP) is 4.27. The SMILES string of the molecule is CCN(C(=O)C=NOC)c1ccccc1COc1ccc(C(F)(F)F)cc1. The van der Waals surface area contributed by atoms with Gasteiger partial charge in [-0.3, -0.25) is 4.79 Å². The summed E-state index contributed by atoms with van der Waals surface area (Å²) < 4.78 is 43.4. The maximum atomic E-state index is 12.6. The molecular formula is C19H19F3N2O3. The summed E-state index contributed by atoms with van der Waals surface area (Å²) in [5.74, 6) is -0.0607. The molecule has 1 amide bonds. The van der Waals surface area contributed by atoms with Crippen LogP contribution in [-0.4, -0.2) is 25.8 Å². The van der Waals surface area contributed by atoms with E-state index in [-0.39, 0.29) is 12.5 Å². The number of carbonyl (C=O) groups is 1. The normalized spacial score (nSPS) is 11.4. The van der Waals surface area contributed by atoms with Crippen LogP contribution in [0.15, 0.2) is 53.7 Å². The van der Waals surface area contributed by atoms with E-state index in [0.29, 0.717) is 23.5 Å². The third-order valence-corrected chi connectivity index (χ3v) is 3.71. The van der Waals surface area contributed by atoms with Crippen molar-refractivity contribution in [3.63, 3.8) is 0 Å². The standard InChI is InChI=1S/C19H19F3N2O3/c1-3-24(18(25)12-23-26-2)17-7-5-4-6-14(17)13-27-16-10-8-15(9-11-16)19(20,21)22/h4-12H,3,13H2,1-2H3. The molecule has 2 rings (SSSR count). The van der Waals surface area contributed by atoms with Crippen molar-refractivity contribution in [3.05, 3.63) is 59.7 Å². The van der Waals surface area contributed by atoms with Gasteiger partial charge in [0.05, 0.1) is 11.3 Å². The molecule has 0 aliphatic heterocycles. The van der Waals surface area contributed by atoms with Gasteiger partial charge in [0.25, 0.3) is 5.91 Å². The summed E-state index contributed by atoms with van der Waals surface area (Å²) in [4.78, 5) is 18.3. The van der Waals surface area contributed by atoms with Crippen LogP contribution in [0.5, 0.6) is 5.75 Å². The first-order valence-corrected chi connectivity index (χ1v) is 8.12. The third-order valence-electron chi connectivity index (χ3n) is 3.71. The number of amides is 1. The summed E-state index contributed by atoms with van der Waals surface area (Å²) in [5, 5.41) is 3.48.